The van der Waals surface area contributed by atoms with Crippen molar-refractivity contribution in [1.29, 1.82) is 0 Å². The predicted molar refractivity (Wildman–Crippen MR) is 73.6 cm³/mol. The van der Waals surface area contributed by atoms with E-state index in [9.17, 15) is 9.59 Å². The van der Waals surface area contributed by atoms with Gasteiger partial charge >= 0.3 is 0 Å². The van der Waals surface area contributed by atoms with Crippen LogP contribution in [0.15, 0.2) is 0 Å². The fraction of sp³-hybridized carbons (Fsp3) is 0.857. The zero-order valence-electron chi connectivity index (χ0n) is 11.9. The van der Waals surface area contributed by atoms with E-state index in [1.54, 1.807) is 0 Å². The van der Waals surface area contributed by atoms with E-state index in [0.29, 0.717) is 12.3 Å². The standard InChI is InChI=1S/C14H25N3O2/c1-3-10(2)16-13(18)9-17-12-6-7-15-8-11(12)4-5-14(17)19/h10-12,15H,3-9H2,1-2H3,(H,16,18). The van der Waals surface area contributed by atoms with Gasteiger partial charge in [0.05, 0.1) is 6.54 Å². The van der Waals surface area contributed by atoms with Gasteiger partial charge in [0.2, 0.25) is 11.8 Å². The summed E-state index contributed by atoms with van der Waals surface area (Å²) in [6, 6.07) is 0.432. The van der Waals surface area contributed by atoms with Crippen molar-refractivity contribution in [3.05, 3.63) is 0 Å². The molecule has 0 aromatic rings. The van der Waals surface area contributed by atoms with Crippen molar-refractivity contribution < 1.29 is 9.59 Å². The summed E-state index contributed by atoms with van der Waals surface area (Å²) < 4.78 is 0. The molecule has 2 saturated heterocycles. The van der Waals surface area contributed by atoms with Crippen LogP contribution in [0.5, 0.6) is 0 Å². The molecule has 5 nitrogen and oxygen atoms in total. The number of hydrogen-bond acceptors (Lipinski definition) is 3. The fourth-order valence-corrected chi connectivity index (χ4v) is 3.03. The average Bonchev–Trinajstić information content (AvgIpc) is 2.42. The van der Waals surface area contributed by atoms with Crippen molar-refractivity contribution in [3.63, 3.8) is 0 Å². The number of likely N-dealkylation sites (tertiary alicyclic amines) is 1. The summed E-state index contributed by atoms with van der Waals surface area (Å²) in [6.07, 6.45) is 3.42. The molecule has 0 saturated carbocycles. The summed E-state index contributed by atoms with van der Waals surface area (Å²) in [5.41, 5.74) is 0. The van der Waals surface area contributed by atoms with E-state index < -0.39 is 0 Å². The van der Waals surface area contributed by atoms with E-state index in [-0.39, 0.29) is 30.4 Å². The van der Waals surface area contributed by atoms with Crippen LogP contribution in [-0.4, -0.2) is 48.4 Å². The largest absolute Gasteiger partial charge is 0.352 e. The summed E-state index contributed by atoms with van der Waals surface area (Å²) in [4.78, 5) is 25.9. The van der Waals surface area contributed by atoms with E-state index in [0.717, 1.165) is 32.4 Å². The van der Waals surface area contributed by atoms with Crippen LogP contribution in [0, 0.1) is 5.92 Å². The third-order valence-electron chi connectivity index (χ3n) is 4.35. The lowest BCUT2D eigenvalue weighted by molar-refractivity contribution is -0.144. The Morgan fingerprint density at radius 1 is 1.53 bits per heavy atom. The second-order valence-corrected chi connectivity index (χ2v) is 5.76. The molecule has 0 aliphatic carbocycles. The van der Waals surface area contributed by atoms with E-state index in [4.69, 9.17) is 0 Å². The van der Waals surface area contributed by atoms with E-state index >= 15 is 0 Å². The van der Waals surface area contributed by atoms with Gasteiger partial charge in [0.15, 0.2) is 0 Å². The highest BCUT2D eigenvalue weighted by molar-refractivity contribution is 5.85. The first kappa shape index (κ1) is 14.3. The van der Waals surface area contributed by atoms with Crippen LogP contribution in [0.1, 0.15) is 39.5 Å². The fourth-order valence-electron chi connectivity index (χ4n) is 3.03. The van der Waals surface area contributed by atoms with E-state index in [1.807, 2.05) is 18.7 Å². The van der Waals surface area contributed by atoms with Crippen molar-refractivity contribution in [3.8, 4) is 0 Å². The molecule has 0 aromatic heterocycles. The van der Waals surface area contributed by atoms with Crippen molar-refractivity contribution in [2.24, 2.45) is 5.92 Å². The molecule has 19 heavy (non-hydrogen) atoms. The van der Waals surface area contributed by atoms with Gasteiger partial charge in [0, 0.05) is 18.5 Å². The van der Waals surface area contributed by atoms with Crippen LogP contribution in [0.25, 0.3) is 0 Å². The quantitative estimate of drug-likeness (QED) is 0.780. The van der Waals surface area contributed by atoms with Crippen LogP contribution in [-0.2, 0) is 9.59 Å². The molecular formula is C14H25N3O2. The van der Waals surface area contributed by atoms with E-state index in [2.05, 4.69) is 10.6 Å². The Kier molecular flexibility index (Phi) is 4.80. The van der Waals surface area contributed by atoms with Crippen LogP contribution in [0.4, 0.5) is 0 Å². The van der Waals surface area contributed by atoms with Crippen molar-refractivity contribution >= 4 is 11.8 Å². The van der Waals surface area contributed by atoms with Gasteiger partial charge in [-0.25, -0.2) is 0 Å². The van der Waals surface area contributed by atoms with E-state index in [1.165, 1.54) is 0 Å². The second-order valence-electron chi connectivity index (χ2n) is 5.76. The van der Waals surface area contributed by atoms with Crippen LogP contribution < -0.4 is 10.6 Å². The van der Waals surface area contributed by atoms with Crippen LogP contribution in [0.2, 0.25) is 0 Å². The minimum Gasteiger partial charge on any atom is -0.352 e. The monoisotopic (exact) mass is 267 g/mol. The molecule has 5 heteroatoms. The zero-order valence-corrected chi connectivity index (χ0v) is 11.9. The number of amides is 2. The number of fused-ring (bicyclic) bond motifs is 1. The van der Waals surface area contributed by atoms with Gasteiger partial charge in [-0.2, -0.15) is 0 Å². The molecule has 2 aliphatic rings. The maximum Gasteiger partial charge on any atom is 0.239 e. The zero-order chi connectivity index (χ0) is 13.8. The number of rotatable bonds is 4. The molecule has 2 rings (SSSR count). The molecule has 2 fully saturated rings. The molecule has 2 aliphatic heterocycles. The molecule has 0 radical (unpaired) electrons. The Hall–Kier alpha value is -1.10. The minimum absolute atomic E-state index is 0.0260. The van der Waals surface area contributed by atoms with Crippen molar-refractivity contribution in [1.82, 2.24) is 15.5 Å². The first-order valence-corrected chi connectivity index (χ1v) is 7.41. The van der Waals surface area contributed by atoms with Crippen molar-refractivity contribution in [2.45, 2.75) is 51.6 Å². The van der Waals surface area contributed by atoms with Gasteiger partial charge in [-0.3, -0.25) is 9.59 Å². The Balaban J connectivity index is 1.95. The number of nitrogens with one attached hydrogen (secondary N) is 2. The lowest BCUT2D eigenvalue weighted by Crippen LogP contribution is -2.57. The maximum atomic E-state index is 12.1. The summed E-state index contributed by atoms with van der Waals surface area (Å²) in [5, 5.41) is 6.32. The summed E-state index contributed by atoms with van der Waals surface area (Å²) >= 11 is 0. The first-order chi connectivity index (χ1) is 9.11. The van der Waals surface area contributed by atoms with Crippen molar-refractivity contribution in [2.75, 3.05) is 19.6 Å². The highest BCUT2D eigenvalue weighted by Gasteiger charge is 2.37. The molecular weight excluding hydrogens is 242 g/mol. The number of nitrogens with zero attached hydrogens (tertiary/aromatic N) is 1. The normalized spacial score (nSPS) is 28.7. The lowest BCUT2D eigenvalue weighted by Gasteiger charge is -2.43. The average molecular weight is 267 g/mol. The minimum atomic E-state index is -0.0260. The summed E-state index contributed by atoms with van der Waals surface area (Å²) in [5.74, 6) is 0.632. The predicted octanol–water partition coefficient (Wildman–Crippen LogP) is 0.502. The molecule has 3 atom stereocenters. The smallest absolute Gasteiger partial charge is 0.239 e. The number of piperidine rings is 2. The van der Waals surface area contributed by atoms with Gasteiger partial charge < -0.3 is 15.5 Å². The molecule has 0 aromatic carbocycles. The molecule has 2 heterocycles. The Morgan fingerprint density at radius 3 is 3.05 bits per heavy atom. The number of carbonyl (C=O) groups is 2. The Bertz CT molecular complexity index is 346. The molecule has 0 spiro atoms. The number of hydrogen-bond donors (Lipinski definition) is 2. The molecule has 2 N–H and O–H groups in total. The second kappa shape index (κ2) is 6.37. The van der Waals surface area contributed by atoms with Gasteiger partial charge in [-0.1, -0.05) is 6.92 Å². The van der Waals surface area contributed by atoms with Gasteiger partial charge in [0.1, 0.15) is 0 Å². The lowest BCUT2D eigenvalue weighted by atomic mass is 9.84. The van der Waals surface area contributed by atoms with Gasteiger partial charge in [0.25, 0.3) is 0 Å². The number of carbonyl (C=O) groups excluding carboxylic acids is 2. The van der Waals surface area contributed by atoms with Gasteiger partial charge in [-0.05, 0) is 45.2 Å². The molecule has 0 bridgehead atoms. The first-order valence-electron chi connectivity index (χ1n) is 7.41. The highest BCUT2D eigenvalue weighted by atomic mass is 16.2. The summed E-state index contributed by atoms with van der Waals surface area (Å²) in [7, 11) is 0. The SMILES string of the molecule is CCC(C)NC(=O)CN1C(=O)CCC2CNCCC21. The molecule has 108 valence electrons. The Morgan fingerprint density at radius 2 is 2.32 bits per heavy atom. The molecule has 3 unspecified atom stereocenters. The maximum absolute atomic E-state index is 12.1. The van der Waals surface area contributed by atoms with Gasteiger partial charge in [-0.15, -0.1) is 0 Å². The van der Waals surface area contributed by atoms with Crippen LogP contribution >= 0.6 is 0 Å². The van der Waals surface area contributed by atoms with Crippen LogP contribution in [0.3, 0.4) is 0 Å². The topological polar surface area (TPSA) is 61.4 Å². The molecule has 2 amide bonds. The highest BCUT2D eigenvalue weighted by Crippen LogP contribution is 2.28. The third-order valence-corrected chi connectivity index (χ3v) is 4.35. The summed E-state index contributed by atoms with van der Waals surface area (Å²) in [6.45, 7) is 6.17. The third kappa shape index (κ3) is 3.47. The Labute approximate surface area is 115 Å².